The topological polar surface area (TPSA) is 54.3 Å². The molecule has 1 atom stereocenters. The number of rotatable bonds is 6. The normalized spacial score (nSPS) is 11.9. The van der Waals surface area contributed by atoms with E-state index >= 15 is 0 Å². The van der Waals surface area contributed by atoms with Crippen LogP contribution < -0.4 is 5.32 Å². The Labute approximate surface area is 102 Å². The fourth-order valence-corrected chi connectivity index (χ4v) is 1.52. The van der Waals surface area contributed by atoms with Gasteiger partial charge in [0.25, 0.3) is 0 Å². The molecule has 0 radical (unpaired) electrons. The van der Waals surface area contributed by atoms with Crippen molar-refractivity contribution in [1.82, 2.24) is 0 Å². The van der Waals surface area contributed by atoms with Gasteiger partial charge in [0, 0.05) is 20.8 Å². The van der Waals surface area contributed by atoms with Crippen molar-refractivity contribution in [3.8, 4) is 6.07 Å². The van der Waals surface area contributed by atoms with Crippen LogP contribution in [0.2, 0.25) is 0 Å². The molecule has 0 aliphatic carbocycles. The minimum Gasteiger partial charge on any atom is -0.382 e. The quantitative estimate of drug-likeness (QED) is 0.817. The lowest BCUT2D eigenvalue weighted by molar-refractivity contribution is 0.0365. The molecule has 1 unspecified atom stereocenters. The van der Waals surface area contributed by atoms with Crippen LogP contribution in [0.1, 0.15) is 11.1 Å². The summed E-state index contributed by atoms with van der Waals surface area (Å²) in [6, 6.07) is 7.92. The first-order valence-electron chi connectivity index (χ1n) is 5.47. The highest BCUT2D eigenvalue weighted by atomic mass is 16.5. The summed E-state index contributed by atoms with van der Waals surface area (Å²) in [5.74, 6) is 0. The standard InChI is InChI=1S/C13H18N2O2/c1-10-4-5-13(11(6-10)7-14)15-8-12(17-3)9-16-2/h4-6,12,15H,8-9H2,1-3H3. The predicted octanol–water partition coefficient (Wildman–Crippen LogP) is 1.94. The van der Waals surface area contributed by atoms with E-state index in [9.17, 15) is 0 Å². The van der Waals surface area contributed by atoms with Gasteiger partial charge in [0.1, 0.15) is 6.07 Å². The van der Waals surface area contributed by atoms with Gasteiger partial charge < -0.3 is 14.8 Å². The van der Waals surface area contributed by atoms with Crippen LogP contribution in [0.15, 0.2) is 18.2 Å². The largest absolute Gasteiger partial charge is 0.382 e. The highest BCUT2D eigenvalue weighted by Crippen LogP contribution is 2.16. The monoisotopic (exact) mass is 234 g/mol. The van der Waals surface area contributed by atoms with Gasteiger partial charge in [-0.2, -0.15) is 5.26 Å². The number of anilines is 1. The minimum absolute atomic E-state index is 0.0205. The Hall–Kier alpha value is -1.57. The molecule has 4 nitrogen and oxygen atoms in total. The zero-order valence-corrected chi connectivity index (χ0v) is 10.5. The molecule has 0 aliphatic heterocycles. The molecule has 1 rings (SSSR count). The molecule has 0 aliphatic rings. The van der Waals surface area contributed by atoms with E-state index in [0.29, 0.717) is 18.7 Å². The van der Waals surface area contributed by atoms with E-state index in [2.05, 4.69) is 11.4 Å². The van der Waals surface area contributed by atoms with Gasteiger partial charge in [-0.25, -0.2) is 0 Å². The first-order valence-corrected chi connectivity index (χ1v) is 5.47. The van der Waals surface area contributed by atoms with Crippen LogP contribution in [0.4, 0.5) is 5.69 Å². The van der Waals surface area contributed by atoms with Gasteiger partial charge in [-0.15, -0.1) is 0 Å². The minimum atomic E-state index is -0.0205. The van der Waals surface area contributed by atoms with Gasteiger partial charge in [-0.05, 0) is 24.6 Å². The molecule has 0 amide bonds. The molecular formula is C13H18N2O2. The molecule has 0 heterocycles. The van der Waals surface area contributed by atoms with E-state index < -0.39 is 0 Å². The molecule has 0 fully saturated rings. The summed E-state index contributed by atoms with van der Waals surface area (Å²) in [4.78, 5) is 0. The summed E-state index contributed by atoms with van der Waals surface area (Å²) < 4.78 is 10.3. The fraction of sp³-hybridized carbons (Fsp3) is 0.462. The van der Waals surface area contributed by atoms with Gasteiger partial charge >= 0.3 is 0 Å². The molecule has 0 aromatic heterocycles. The second-order valence-corrected chi connectivity index (χ2v) is 3.85. The summed E-state index contributed by atoms with van der Waals surface area (Å²) in [6.07, 6.45) is -0.0205. The van der Waals surface area contributed by atoms with E-state index in [1.165, 1.54) is 0 Å². The highest BCUT2D eigenvalue weighted by Gasteiger charge is 2.08. The summed E-state index contributed by atoms with van der Waals surface area (Å²) in [5, 5.41) is 12.2. The first kappa shape index (κ1) is 13.5. The van der Waals surface area contributed by atoms with E-state index in [1.807, 2.05) is 25.1 Å². The maximum atomic E-state index is 9.02. The molecule has 0 saturated carbocycles. The van der Waals surface area contributed by atoms with E-state index in [0.717, 1.165) is 11.3 Å². The van der Waals surface area contributed by atoms with Crippen molar-refractivity contribution < 1.29 is 9.47 Å². The molecule has 0 bridgehead atoms. The number of methoxy groups -OCH3 is 2. The summed E-state index contributed by atoms with van der Waals surface area (Å²) in [7, 11) is 3.28. The average molecular weight is 234 g/mol. The highest BCUT2D eigenvalue weighted by molar-refractivity contribution is 5.58. The molecule has 1 N–H and O–H groups in total. The Morgan fingerprint density at radius 3 is 2.76 bits per heavy atom. The number of hydrogen-bond acceptors (Lipinski definition) is 4. The molecular weight excluding hydrogens is 216 g/mol. The van der Waals surface area contributed by atoms with E-state index in [-0.39, 0.29) is 6.10 Å². The van der Waals surface area contributed by atoms with E-state index in [4.69, 9.17) is 14.7 Å². The Bertz CT molecular complexity index is 399. The Balaban J connectivity index is 2.65. The maximum Gasteiger partial charge on any atom is 0.101 e. The van der Waals surface area contributed by atoms with Gasteiger partial charge in [-0.3, -0.25) is 0 Å². The van der Waals surface area contributed by atoms with Crippen LogP contribution >= 0.6 is 0 Å². The molecule has 92 valence electrons. The zero-order chi connectivity index (χ0) is 12.7. The molecule has 4 heteroatoms. The fourth-order valence-electron chi connectivity index (χ4n) is 1.52. The Morgan fingerprint density at radius 1 is 1.41 bits per heavy atom. The van der Waals surface area contributed by atoms with Crippen LogP contribution in [0.5, 0.6) is 0 Å². The van der Waals surface area contributed by atoms with Crippen LogP contribution in [-0.2, 0) is 9.47 Å². The van der Waals surface area contributed by atoms with Crippen molar-refractivity contribution in [3.05, 3.63) is 29.3 Å². The van der Waals surface area contributed by atoms with Crippen molar-refractivity contribution >= 4 is 5.69 Å². The molecule has 0 spiro atoms. The number of nitrogens with zero attached hydrogens (tertiary/aromatic N) is 1. The van der Waals surface area contributed by atoms with Gasteiger partial charge in [0.15, 0.2) is 0 Å². The lowest BCUT2D eigenvalue weighted by atomic mass is 10.1. The van der Waals surface area contributed by atoms with Crippen LogP contribution in [0, 0.1) is 18.3 Å². The molecule has 1 aromatic rings. The number of aryl methyl sites for hydroxylation is 1. The van der Waals surface area contributed by atoms with Gasteiger partial charge in [0.05, 0.1) is 24.0 Å². The third-order valence-electron chi connectivity index (χ3n) is 2.50. The predicted molar refractivity (Wildman–Crippen MR) is 67.1 cm³/mol. The smallest absolute Gasteiger partial charge is 0.101 e. The molecule has 17 heavy (non-hydrogen) atoms. The number of nitrogens with one attached hydrogen (secondary N) is 1. The lowest BCUT2D eigenvalue weighted by Crippen LogP contribution is -2.26. The number of ether oxygens (including phenoxy) is 2. The van der Waals surface area contributed by atoms with Crippen molar-refractivity contribution in [2.45, 2.75) is 13.0 Å². The van der Waals surface area contributed by atoms with Crippen molar-refractivity contribution in [3.63, 3.8) is 0 Å². The maximum absolute atomic E-state index is 9.02. The Kier molecular flexibility index (Phi) is 5.47. The average Bonchev–Trinajstić information content (AvgIpc) is 2.35. The number of benzene rings is 1. The summed E-state index contributed by atoms with van der Waals surface area (Å²) >= 11 is 0. The summed E-state index contributed by atoms with van der Waals surface area (Å²) in [5.41, 5.74) is 2.56. The third kappa shape index (κ3) is 4.06. The third-order valence-corrected chi connectivity index (χ3v) is 2.50. The SMILES string of the molecule is COCC(CNc1ccc(C)cc1C#N)OC. The second-order valence-electron chi connectivity index (χ2n) is 3.85. The molecule has 0 saturated heterocycles. The zero-order valence-electron chi connectivity index (χ0n) is 10.5. The molecule has 1 aromatic carbocycles. The van der Waals surface area contributed by atoms with Crippen molar-refractivity contribution in [1.29, 1.82) is 5.26 Å². The summed E-state index contributed by atoms with van der Waals surface area (Å²) in [6.45, 7) is 3.10. The van der Waals surface area contributed by atoms with Crippen LogP contribution in [-0.4, -0.2) is 33.5 Å². The van der Waals surface area contributed by atoms with Crippen molar-refractivity contribution in [2.24, 2.45) is 0 Å². The Morgan fingerprint density at radius 2 is 2.18 bits per heavy atom. The second kappa shape index (κ2) is 6.89. The van der Waals surface area contributed by atoms with Gasteiger partial charge in [-0.1, -0.05) is 6.07 Å². The van der Waals surface area contributed by atoms with Crippen molar-refractivity contribution in [2.75, 3.05) is 32.7 Å². The number of nitriles is 1. The lowest BCUT2D eigenvalue weighted by Gasteiger charge is -2.16. The number of hydrogen-bond donors (Lipinski definition) is 1. The van der Waals surface area contributed by atoms with Crippen LogP contribution in [0.25, 0.3) is 0 Å². The van der Waals surface area contributed by atoms with Gasteiger partial charge in [0.2, 0.25) is 0 Å². The first-order chi connectivity index (χ1) is 8.21. The van der Waals surface area contributed by atoms with Crippen LogP contribution in [0.3, 0.4) is 0 Å². The van der Waals surface area contributed by atoms with E-state index in [1.54, 1.807) is 14.2 Å².